The number of aromatic nitrogens is 2. The molecule has 0 atom stereocenters. The zero-order chi connectivity index (χ0) is 15.9. The van der Waals surface area contributed by atoms with Gasteiger partial charge in [0.05, 0.1) is 24.8 Å². The van der Waals surface area contributed by atoms with E-state index in [2.05, 4.69) is 20.6 Å². The van der Waals surface area contributed by atoms with E-state index in [0.29, 0.717) is 23.7 Å². The highest BCUT2D eigenvalue weighted by Gasteiger charge is 2.05. The number of rotatable bonds is 5. The molecule has 0 aliphatic rings. The summed E-state index contributed by atoms with van der Waals surface area (Å²) < 4.78 is 12.2. The maximum Gasteiger partial charge on any atom is 0.323 e. The number of carbonyl (C=O) groups is 1. The van der Waals surface area contributed by atoms with Crippen LogP contribution in [0.4, 0.5) is 26.5 Å². The number of urea groups is 1. The lowest BCUT2D eigenvalue weighted by molar-refractivity contribution is 0.262. The van der Waals surface area contributed by atoms with E-state index in [-0.39, 0.29) is 6.03 Å². The number of halogens is 1. The quantitative estimate of drug-likeness (QED) is 0.891. The van der Waals surface area contributed by atoms with Crippen molar-refractivity contribution in [3.63, 3.8) is 0 Å². The Hall–Kier alpha value is -2.70. The molecule has 6 nitrogen and oxygen atoms in total. The van der Waals surface area contributed by atoms with Gasteiger partial charge in [-0.2, -0.15) is 0 Å². The van der Waals surface area contributed by atoms with Crippen LogP contribution in [0.1, 0.15) is 5.56 Å². The Morgan fingerprint density at radius 2 is 1.68 bits per heavy atom. The van der Waals surface area contributed by atoms with E-state index < -0.39 is 6.67 Å². The Balaban J connectivity index is 1.91. The summed E-state index contributed by atoms with van der Waals surface area (Å²) in [7, 11) is 3.67. The molecular weight excluding hydrogens is 285 g/mol. The van der Waals surface area contributed by atoms with Crippen molar-refractivity contribution in [2.45, 2.75) is 6.42 Å². The minimum absolute atomic E-state index is 0.377. The monoisotopic (exact) mass is 303 g/mol. The Morgan fingerprint density at radius 1 is 1.09 bits per heavy atom. The molecule has 0 unspecified atom stereocenters. The summed E-state index contributed by atoms with van der Waals surface area (Å²) in [5.41, 5.74) is 2.02. The van der Waals surface area contributed by atoms with E-state index in [1.165, 1.54) is 12.4 Å². The first-order valence-electron chi connectivity index (χ1n) is 6.81. The van der Waals surface area contributed by atoms with E-state index in [9.17, 15) is 9.18 Å². The summed E-state index contributed by atoms with van der Waals surface area (Å²) in [5.74, 6) is 0.564. The number of alkyl halides is 1. The van der Waals surface area contributed by atoms with E-state index in [4.69, 9.17) is 0 Å². The van der Waals surface area contributed by atoms with Gasteiger partial charge in [-0.3, -0.25) is 4.39 Å². The molecule has 0 spiro atoms. The van der Waals surface area contributed by atoms with Crippen LogP contribution < -0.4 is 15.5 Å². The molecule has 7 heteroatoms. The molecule has 2 N–H and O–H groups in total. The first-order valence-corrected chi connectivity index (χ1v) is 6.81. The third kappa shape index (κ3) is 4.41. The Morgan fingerprint density at radius 3 is 2.23 bits per heavy atom. The van der Waals surface area contributed by atoms with E-state index in [1.807, 2.05) is 14.1 Å². The SMILES string of the molecule is CN(C)c1ncc(NC(=O)Nc2ccc(CCF)cc2)cn1. The zero-order valence-electron chi connectivity index (χ0n) is 12.5. The molecule has 2 rings (SSSR count). The number of anilines is 3. The molecule has 0 bridgehead atoms. The lowest BCUT2D eigenvalue weighted by Crippen LogP contribution is -2.20. The van der Waals surface area contributed by atoms with Crippen molar-refractivity contribution in [3.8, 4) is 0 Å². The minimum atomic E-state index is -0.393. The topological polar surface area (TPSA) is 70.2 Å². The number of nitrogens with one attached hydrogen (secondary N) is 2. The molecule has 1 aromatic carbocycles. The molecule has 0 aliphatic carbocycles. The van der Waals surface area contributed by atoms with E-state index >= 15 is 0 Å². The summed E-state index contributed by atoms with van der Waals surface area (Å²) in [5, 5.41) is 5.33. The van der Waals surface area contributed by atoms with Crippen LogP contribution in [0, 0.1) is 0 Å². The molecule has 0 radical (unpaired) electrons. The fraction of sp³-hybridized carbons (Fsp3) is 0.267. The van der Waals surface area contributed by atoms with Gasteiger partial charge < -0.3 is 15.5 Å². The van der Waals surface area contributed by atoms with Gasteiger partial charge in [-0.1, -0.05) is 12.1 Å². The molecular formula is C15H18FN5O. The molecule has 0 saturated heterocycles. The number of amides is 2. The van der Waals surface area contributed by atoms with Crippen molar-refractivity contribution < 1.29 is 9.18 Å². The van der Waals surface area contributed by atoms with Crippen molar-refractivity contribution in [3.05, 3.63) is 42.2 Å². The first-order chi connectivity index (χ1) is 10.6. The number of hydrogen-bond donors (Lipinski definition) is 2. The van der Waals surface area contributed by atoms with Gasteiger partial charge in [-0.25, -0.2) is 14.8 Å². The third-order valence-electron chi connectivity index (χ3n) is 2.89. The van der Waals surface area contributed by atoms with Crippen molar-refractivity contribution >= 4 is 23.4 Å². The second-order valence-electron chi connectivity index (χ2n) is 4.88. The molecule has 0 fully saturated rings. The highest BCUT2D eigenvalue weighted by Crippen LogP contribution is 2.12. The van der Waals surface area contributed by atoms with E-state index in [1.54, 1.807) is 29.2 Å². The molecule has 0 saturated carbocycles. The van der Waals surface area contributed by atoms with Gasteiger partial charge in [0.15, 0.2) is 0 Å². The largest absolute Gasteiger partial charge is 0.347 e. The average molecular weight is 303 g/mol. The van der Waals surface area contributed by atoms with Crippen LogP contribution in [-0.2, 0) is 6.42 Å². The van der Waals surface area contributed by atoms with Crippen molar-refractivity contribution in [1.82, 2.24) is 9.97 Å². The molecule has 2 amide bonds. The van der Waals surface area contributed by atoms with Gasteiger partial charge in [-0.05, 0) is 17.7 Å². The smallest absolute Gasteiger partial charge is 0.323 e. The second kappa shape index (κ2) is 7.35. The summed E-state index contributed by atoms with van der Waals surface area (Å²) in [4.78, 5) is 21.8. The van der Waals surface area contributed by atoms with Crippen LogP contribution in [0.5, 0.6) is 0 Å². The average Bonchev–Trinajstić information content (AvgIpc) is 2.50. The number of carbonyl (C=O) groups excluding carboxylic acids is 1. The van der Waals surface area contributed by atoms with Crippen LogP contribution in [0.25, 0.3) is 0 Å². The zero-order valence-corrected chi connectivity index (χ0v) is 12.5. The second-order valence-corrected chi connectivity index (χ2v) is 4.88. The highest BCUT2D eigenvalue weighted by molar-refractivity contribution is 5.99. The minimum Gasteiger partial charge on any atom is -0.347 e. The fourth-order valence-electron chi connectivity index (χ4n) is 1.77. The Kier molecular flexibility index (Phi) is 5.24. The van der Waals surface area contributed by atoms with Gasteiger partial charge in [-0.15, -0.1) is 0 Å². The maximum atomic E-state index is 12.2. The first kappa shape index (κ1) is 15.7. The molecule has 2 aromatic rings. The van der Waals surface area contributed by atoms with Crippen molar-refractivity contribution in [2.75, 3.05) is 36.3 Å². The third-order valence-corrected chi connectivity index (χ3v) is 2.89. The predicted molar refractivity (Wildman–Crippen MR) is 85.1 cm³/mol. The number of nitrogens with zero attached hydrogens (tertiary/aromatic N) is 3. The fourth-order valence-corrected chi connectivity index (χ4v) is 1.77. The normalized spacial score (nSPS) is 10.1. The maximum absolute atomic E-state index is 12.2. The molecule has 116 valence electrons. The van der Waals surface area contributed by atoms with E-state index in [0.717, 1.165) is 5.56 Å². The summed E-state index contributed by atoms with van der Waals surface area (Å²) >= 11 is 0. The van der Waals surface area contributed by atoms with Crippen LogP contribution in [0.3, 0.4) is 0 Å². The molecule has 1 heterocycles. The van der Waals surface area contributed by atoms with Gasteiger partial charge in [0.1, 0.15) is 0 Å². The standard InChI is InChI=1S/C15H18FN5O/c1-21(2)14-17-9-13(10-18-14)20-15(22)19-12-5-3-11(4-6-12)7-8-16/h3-6,9-10H,7-8H2,1-2H3,(H2,19,20,22). The lowest BCUT2D eigenvalue weighted by Gasteiger charge is -2.11. The number of hydrogen-bond acceptors (Lipinski definition) is 4. The predicted octanol–water partition coefficient (Wildman–Crippen LogP) is 2.70. The van der Waals surface area contributed by atoms with Gasteiger partial charge in [0.25, 0.3) is 0 Å². The van der Waals surface area contributed by atoms with Crippen molar-refractivity contribution in [2.24, 2.45) is 0 Å². The lowest BCUT2D eigenvalue weighted by atomic mass is 10.1. The molecule has 22 heavy (non-hydrogen) atoms. The summed E-state index contributed by atoms with van der Waals surface area (Å²) in [6.45, 7) is -0.393. The van der Waals surface area contributed by atoms with Crippen molar-refractivity contribution in [1.29, 1.82) is 0 Å². The number of benzene rings is 1. The van der Waals surface area contributed by atoms with Gasteiger partial charge in [0, 0.05) is 26.2 Å². The van der Waals surface area contributed by atoms with Gasteiger partial charge in [0.2, 0.25) is 5.95 Å². The highest BCUT2D eigenvalue weighted by atomic mass is 19.1. The Bertz CT molecular complexity index is 613. The Labute approximate surface area is 128 Å². The van der Waals surface area contributed by atoms with Gasteiger partial charge >= 0.3 is 6.03 Å². The number of aryl methyl sites for hydroxylation is 1. The van der Waals surface area contributed by atoms with Crippen LogP contribution >= 0.6 is 0 Å². The summed E-state index contributed by atoms with van der Waals surface area (Å²) in [6, 6.07) is 6.64. The molecule has 1 aromatic heterocycles. The van der Waals surface area contributed by atoms with Crippen LogP contribution in [-0.4, -0.2) is 36.8 Å². The van der Waals surface area contributed by atoms with Crippen LogP contribution in [0.2, 0.25) is 0 Å². The summed E-state index contributed by atoms with van der Waals surface area (Å²) in [6.07, 6.45) is 3.44. The molecule has 0 aliphatic heterocycles. The van der Waals surface area contributed by atoms with Crippen LogP contribution in [0.15, 0.2) is 36.7 Å².